The lowest BCUT2D eigenvalue weighted by Gasteiger charge is -2.28. The van der Waals surface area contributed by atoms with E-state index in [4.69, 9.17) is 4.74 Å². The molecule has 49 heavy (non-hydrogen) atoms. The van der Waals surface area contributed by atoms with Crippen LogP contribution in [0.5, 0.6) is 5.75 Å². The Morgan fingerprint density at radius 2 is 0.878 bits per heavy atom. The summed E-state index contributed by atoms with van der Waals surface area (Å²) in [5, 5.41) is 0. The van der Waals surface area contributed by atoms with E-state index in [1.807, 2.05) is 0 Å². The first-order chi connectivity index (χ1) is 23.7. The molecule has 246 valence electrons. The molecule has 0 N–H and O–H groups in total. The summed E-state index contributed by atoms with van der Waals surface area (Å²) in [6.45, 7) is 14.0. The molecular weight excluding hydrogens is 593 g/mol. The summed E-state index contributed by atoms with van der Waals surface area (Å²) in [7, 11) is 1.73. The minimum absolute atomic E-state index is 0.101. The second kappa shape index (κ2) is 15.0. The van der Waals surface area contributed by atoms with Gasteiger partial charge in [0.15, 0.2) is 0 Å². The van der Waals surface area contributed by atoms with Crippen LogP contribution in [-0.4, -0.2) is 13.8 Å². The Morgan fingerprint density at radius 1 is 0.469 bits per heavy atom. The van der Waals surface area contributed by atoms with Crippen molar-refractivity contribution in [1.82, 2.24) is 0 Å². The fraction of sp³-hybridized carbons (Fsp3) is 0.217. The van der Waals surface area contributed by atoms with E-state index < -0.39 is 0 Å². The van der Waals surface area contributed by atoms with Gasteiger partial charge in [0.25, 0.3) is 0 Å². The van der Waals surface area contributed by atoms with Crippen molar-refractivity contribution in [2.75, 3.05) is 12.0 Å². The van der Waals surface area contributed by atoms with Gasteiger partial charge in [-0.05, 0) is 94.1 Å². The van der Waals surface area contributed by atoms with Crippen molar-refractivity contribution in [3.63, 3.8) is 0 Å². The van der Waals surface area contributed by atoms with Gasteiger partial charge in [-0.1, -0.05) is 155 Å². The molecule has 0 heterocycles. The van der Waals surface area contributed by atoms with Crippen LogP contribution in [-0.2, 0) is 0 Å². The van der Waals surface area contributed by atoms with Gasteiger partial charge >= 0.3 is 0 Å². The van der Waals surface area contributed by atoms with Gasteiger partial charge in [0.1, 0.15) is 5.75 Å². The van der Waals surface area contributed by atoms with Crippen LogP contribution in [0.15, 0.2) is 146 Å². The Bertz CT molecular complexity index is 1880. The predicted octanol–water partition coefficient (Wildman–Crippen LogP) is 10.7. The third kappa shape index (κ3) is 7.37. The van der Waals surface area contributed by atoms with Gasteiger partial charge in [0, 0.05) is 17.1 Å². The maximum absolute atomic E-state index is 5.56. The summed E-state index contributed by atoms with van der Waals surface area (Å²) in [5.41, 5.74) is 14.1. The first-order valence-corrected chi connectivity index (χ1v) is 17.7. The van der Waals surface area contributed by atoms with E-state index in [0.29, 0.717) is 17.8 Å². The van der Waals surface area contributed by atoms with Crippen molar-refractivity contribution in [3.8, 4) is 16.9 Å². The average molecular weight is 642 g/mol. The van der Waals surface area contributed by atoms with Gasteiger partial charge in [-0.25, -0.2) is 0 Å². The lowest BCUT2D eigenvalue weighted by Crippen LogP contribution is -2.55. The smallest absolute Gasteiger partial charge is 0.241 e. The Balaban J connectivity index is 1.41. The second-order valence-electron chi connectivity index (χ2n) is 14.0. The lowest BCUT2D eigenvalue weighted by atomic mass is 9.34. The summed E-state index contributed by atoms with van der Waals surface area (Å²) in [4.78, 5) is 2.30. The van der Waals surface area contributed by atoms with Gasteiger partial charge in [0.2, 0.25) is 6.71 Å². The molecular formula is C46H48BNO. The Kier molecular flexibility index (Phi) is 10.4. The predicted molar refractivity (Wildman–Crippen MR) is 213 cm³/mol. The number of nitrogens with zero attached hydrogens (tertiary/aromatic N) is 1. The highest BCUT2D eigenvalue weighted by molar-refractivity contribution is 6.96. The van der Waals surface area contributed by atoms with Crippen molar-refractivity contribution in [1.29, 1.82) is 0 Å². The highest BCUT2D eigenvalue weighted by atomic mass is 16.5. The van der Waals surface area contributed by atoms with E-state index >= 15 is 0 Å². The minimum Gasteiger partial charge on any atom is -0.497 e. The van der Waals surface area contributed by atoms with Gasteiger partial charge < -0.3 is 9.64 Å². The lowest BCUT2D eigenvalue weighted by molar-refractivity contribution is 0.415. The van der Waals surface area contributed by atoms with Crippen LogP contribution in [0.2, 0.25) is 0 Å². The van der Waals surface area contributed by atoms with Crippen LogP contribution in [0.1, 0.15) is 76.0 Å². The molecule has 6 aromatic carbocycles. The number of hydrogen-bond acceptors (Lipinski definition) is 2. The van der Waals surface area contributed by atoms with Crippen LogP contribution in [0.4, 0.5) is 17.1 Å². The van der Waals surface area contributed by atoms with Crippen molar-refractivity contribution < 1.29 is 4.74 Å². The molecule has 6 aromatic rings. The fourth-order valence-corrected chi connectivity index (χ4v) is 6.94. The number of anilines is 3. The SMILES string of the molecule is COc1ccc(B(c2ccc(-c3ccc(N(c4ccccc4)c4ccccc4)cc3)cc2)c2c(C(C)C)cc(C(C)C)cc2C(C)C)cc1. The molecule has 0 spiro atoms. The summed E-state index contributed by atoms with van der Waals surface area (Å²) in [6.07, 6.45) is 0. The van der Waals surface area contributed by atoms with E-state index in [2.05, 4.69) is 192 Å². The number of para-hydroxylation sites is 2. The highest BCUT2D eigenvalue weighted by Gasteiger charge is 2.30. The normalized spacial score (nSPS) is 11.3. The quantitative estimate of drug-likeness (QED) is 0.131. The van der Waals surface area contributed by atoms with Crippen LogP contribution >= 0.6 is 0 Å². The van der Waals surface area contributed by atoms with E-state index in [1.165, 1.54) is 44.2 Å². The number of ether oxygens (including phenoxy) is 1. The largest absolute Gasteiger partial charge is 0.497 e. The molecule has 6 rings (SSSR count). The van der Waals surface area contributed by atoms with Gasteiger partial charge in [-0.2, -0.15) is 0 Å². The first-order valence-electron chi connectivity index (χ1n) is 17.7. The van der Waals surface area contributed by atoms with Crippen molar-refractivity contribution in [3.05, 3.63) is 162 Å². The Morgan fingerprint density at radius 3 is 1.29 bits per heavy atom. The fourth-order valence-electron chi connectivity index (χ4n) is 6.94. The molecule has 0 saturated heterocycles. The Labute approximate surface area is 294 Å². The molecule has 2 nitrogen and oxygen atoms in total. The zero-order valence-electron chi connectivity index (χ0n) is 30.0. The summed E-state index contributed by atoms with van der Waals surface area (Å²) < 4.78 is 5.56. The topological polar surface area (TPSA) is 12.5 Å². The molecule has 0 bridgehead atoms. The number of rotatable bonds is 11. The first kappa shape index (κ1) is 33.9. The molecule has 0 aliphatic rings. The molecule has 0 saturated carbocycles. The standard InChI is InChI=1S/C46H48BNO/c1-32(2)37-30-44(33(3)4)46(45(31-37)34(5)6)47(39-24-28-43(49-7)29-25-39)38-22-18-35(19-23-38)36-20-26-42(27-21-36)48(40-14-10-8-11-15-40)41-16-12-9-13-17-41/h8-34H,1-7H3. The van der Waals surface area contributed by atoms with Crippen LogP contribution < -0.4 is 26.0 Å². The van der Waals surface area contributed by atoms with E-state index in [1.54, 1.807) is 7.11 Å². The number of benzene rings is 6. The second-order valence-corrected chi connectivity index (χ2v) is 14.0. The van der Waals surface area contributed by atoms with Crippen molar-refractivity contribution >= 4 is 40.2 Å². The third-order valence-corrected chi connectivity index (χ3v) is 9.65. The molecule has 0 aromatic heterocycles. The van der Waals surface area contributed by atoms with Crippen LogP contribution in [0.25, 0.3) is 11.1 Å². The zero-order valence-corrected chi connectivity index (χ0v) is 30.0. The van der Waals surface area contributed by atoms with E-state index in [-0.39, 0.29) is 6.71 Å². The van der Waals surface area contributed by atoms with E-state index in [9.17, 15) is 0 Å². The summed E-state index contributed by atoms with van der Waals surface area (Å²) in [6, 6.07) is 52.9. The zero-order chi connectivity index (χ0) is 34.5. The van der Waals surface area contributed by atoms with Crippen molar-refractivity contribution in [2.24, 2.45) is 0 Å². The molecule has 0 aliphatic carbocycles. The third-order valence-electron chi connectivity index (χ3n) is 9.65. The number of methoxy groups -OCH3 is 1. The molecule has 3 heteroatoms. The summed E-state index contributed by atoms with van der Waals surface area (Å²) >= 11 is 0. The van der Waals surface area contributed by atoms with Gasteiger partial charge in [0.05, 0.1) is 7.11 Å². The minimum atomic E-state index is 0.101. The monoisotopic (exact) mass is 641 g/mol. The van der Waals surface area contributed by atoms with Gasteiger partial charge in [-0.15, -0.1) is 0 Å². The molecule has 0 atom stereocenters. The number of hydrogen-bond donors (Lipinski definition) is 0. The van der Waals surface area contributed by atoms with E-state index in [0.717, 1.165) is 22.8 Å². The highest BCUT2D eigenvalue weighted by Crippen LogP contribution is 2.35. The molecule has 0 unspecified atom stereocenters. The van der Waals surface area contributed by atoms with Crippen LogP contribution in [0.3, 0.4) is 0 Å². The maximum Gasteiger partial charge on any atom is 0.241 e. The maximum atomic E-state index is 5.56. The molecule has 0 aliphatic heterocycles. The van der Waals surface area contributed by atoms with Crippen molar-refractivity contribution in [2.45, 2.75) is 59.3 Å². The van der Waals surface area contributed by atoms with Crippen LogP contribution in [0, 0.1) is 0 Å². The Hall–Kier alpha value is -5.02. The molecule has 0 amide bonds. The molecule has 0 fully saturated rings. The average Bonchev–Trinajstić information content (AvgIpc) is 3.13. The molecule has 0 radical (unpaired) electrons. The summed E-state index contributed by atoms with van der Waals surface area (Å²) in [5.74, 6) is 2.15. The van der Waals surface area contributed by atoms with Gasteiger partial charge in [-0.3, -0.25) is 0 Å².